The molecule has 3 heterocycles. The maximum atomic E-state index is 14.0. The Morgan fingerprint density at radius 1 is 1.13 bits per heavy atom. The van der Waals surface area contributed by atoms with Crippen molar-refractivity contribution >= 4 is 28.9 Å². The minimum Gasteiger partial charge on any atom is -0.369 e. The molecule has 2 fully saturated rings. The van der Waals surface area contributed by atoms with Crippen molar-refractivity contribution in [3.8, 4) is 0 Å². The lowest BCUT2D eigenvalue weighted by atomic mass is 9.83. The van der Waals surface area contributed by atoms with E-state index in [0.29, 0.717) is 11.7 Å². The average molecular weight is 441 g/mol. The van der Waals surface area contributed by atoms with Gasteiger partial charge in [0, 0.05) is 36.2 Å². The first-order valence-corrected chi connectivity index (χ1v) is 12.2. The molecule has 0 atom stereocenters. The number of hydrogen-bond donors (Lipinski definition) is 1. The molecule has 0 unspecified atom stereocenters. The van der Waals surface area contributed by atoms with Gasteiger partial charge < -0.3 is 5.32 Å². The monoisotopic (exact) mass is 440 g/mol. The minimum absolute atomic E-state index is 0.282. The number of nitrogens with zero attached hydrogens (tertiary/aromatic N) is 3. The van der Waals surface area contributed by atoms with Crippen molar-refractivity contribution in [1.82, 2.24) is 10.2 Å². The van der Waals surface area contributed by atoms with Gasteiger partial charge in [-0.1, -0.05) is 31.4 Å². The molecule has 2 aromatic rings. The molecule has 5 nitrogen and oxygen atoms in total. The van der Waals surface area contributed by atoms with Crippen molar-refractivity contribution in [3.63, 3.8) is 0 Å². The Kier molecular flexibility index (Phi) is 5.80. The van der Waals surface area contributed by atoms with E-state index in [1.807, 2.05) is 6.07 Å². The summed E-state index contributed by atoms with van der Waals surface area (Å²) in [6.45, 7) is 2.69. The second kappa shape index (κ2) is 8.71. The number of aliphatic imine (C=N–C) groups is 1. The summed E-state index contributed by atoms with van der Waals surface area (Å²) in [5.41, 5.74) is 0.0785. The summed E-state index contributed by atoms with van der Waals surface area (Å²) in [6.07, 6.45) is 7.53. The molecule has 7 heteroatoms. The first kappa shape index (κ1) is 20.6. The lowest BCUT2D eigenvalue weighted by molar-refractivity contribution is 0.183. The topological polar surface area (TPSA) is 47.9 Å². The standard InChI is InChI=1S/C24H29FN4OS/c25-18-6-4-9-20(16-18)29-23(30)27-22(26-19-7-2-1-3-8-19)24(29)11-13-28(14-12-24)17-21-10-5-15-31-21/h4-6,9-10,15-16,19H,1-3,7-8,11-14,17H2,(H,26,27,30). The van der Waals surface area contributed by atoms with Gasteiger partial charge in [0.05, 0.1) is 0 Å². The number of thiophene rings is 1. The summed E-state index contributed by atoms with van der Waals surface area (Å²) in [7, 11) is 0. The zero-order valence-corrected chi connectivity index (χ0v) is 18.5. The van der Waals surface area contributed by atoms with Gasteiger partial charge in [-0.25, -0.2) is 9.18 Å². The van der Waals surface area contributed by atoms with E-state index in [1.165, 1.54) is 36.3 Å². The number of carbonyl (C=O) groups is 1. The van der Waals surface area contributed by atoms with E-state index >= 15 is 0 Å². The minimum atomic E-state index is -0.520. The number of carbonyl (C=O) groups excluding carboxylic acids is 1. The van der Waals surface area contributed by atoms with E-state index in [-0.39, 0.29) is 11.8 Å². The number of amidine groups is 1. The lowest BCUT2D eigenvalue weighted by Gasteiger charge is -2.45. The highest BCUT2D eigenvalue weighted by molar-refractivity contribution is 7.09. The van der Waals surface area contributed by atoms with Crippen LogP contribution in [0.3, 0.4) is 0 Å². The van der Waals surface area contributed by atoms with E-state index in [9.17, 15) is 9.18 Å². The van der Waals surface area contributed by atoms with Crippen LogP contribution in [0, 0.1) is 5.82 Å². The van der Waals surface area contributed by atoms with Crippen LogP contribution in [0.25, 0.3) is 0 Å². The molecule has 1 aromatic heterocycles. The molecule has 1 saturated carbocycles. The molecule has 1 N–H and O–H groups in total. The molecular weight excluding hydrogens is 411 g/mol. The van der Waals surface area contributed by atoms with Crippen LogP contribution in [0.4, 0.5) is 14.9 Å². The molecule has 2 amide bonds. The summed E-state index contributed by atoms with van der Waals surface area (Å²) in [4.78, 5) is 23.2. The lowest BCUT2D eigenvalue weighted by Crippen LogP contribution is -2.62. The van der Waals surface area contributed by atoms with Crippen LogP contribution in [0.5, 0.6) is 0 Å². The van der Waals surface area contributed by atoms with Gasteiger partial charge in [-0.2, -0.15) is 4.99 Å². The second-order valence-electron chi connectivity index (χ2n) is 8.92. The molecule has 0 radical (unpaired) electrons. The van der Waals surface area contributed by atoms with Crippen molar-refractivity contribution in [3.05, 3.63) is 52.5 Å². The highest BCUT2D eigenvalue weighted by Gasteiger charge is 2.52. The first-order chi connectivity index (χ1) is 15.1. The fourth-order valence-electron chi connectivity index (χ4n) is 5.28. The third kappa shape index (κ3) is 4.13. The van der Waals surface area contributed by atoms with E-state index in [2.05, 4.69) is 32.7 Å². The molecule has 0 bridgehead atoms. The second-order valence-corrected chi connectivity index (χ2v) is 9.96. The maximum Gasteiger partial charge on any atom is 0.350 e. The number of nitrogens with one attached hydrogen (secondary N) is 1. The Morgan fingerprint density at radius 3 is 2.65 bits per heavy atom. The highest BCUT2D eigenvalue weighted by atomic mass is 32.1. The third-order valence-corrected chi connectivity index (χ3v) is 7.78. The van der Waals surface area contributed by atoms with Gasteiger partial charge in [0.15, 0.2) is 0 Å². The summed E-state index contributed by atoms with van der Waals surface area (Å²) >= 11 is 1.78. The maximum absolute atomic E-state index is 14.0. The van der Waals surface area contributed by atoms with Crippen molar-refractivity contribution in [2.24, 2.45) is 4.99 Å². The number of urea groups is 1. The summed E-state index contributed by atoms with van der Waals surface area (Å²) in [5.74, 6) is 0.466. The van der Waals surface area contributed by atoms with E-state index in [1.54, 1.807) is 22.3 Å². The molecule has 3 aliphatic rings. The van der Waals surface area contributed by atoms with Gasteiger partial charge in [-0.15, -0.1) is 11.3 Å². The normalized spacial score (nSPS) is 22.2. The largest absolute Gasteiger partial charge is 0.369 e. The van der Waals surface area contributed by atoms with E-state index in [0.717, 1.165) is 51.2 Å². The summed E-state index contributed by atoms with van der Waals surface area (Å²) in [5, 5.41) is 5.77. The number of halogens is 1. The fourth-order valence-corrected chi connectivity index (χ4v) is 6.03. The molecule has 1 aromatic carbocycles. The van der Waals surface area contributed by atoms with Crippen molar-refractivity contribution in [2.45, 2.75) is 63.1 Å². The Bertz CT molecular complexity index is 946. The van der Waals surface area contributed by atoms with E-state index < -0.39 is 5.54 Å². The molecule has 2 aliphatic heterocycles. The molecule has 5 rings (SSSR count). The van der Waals surface area contributed by atoms with Gasteiger partial charge in [-0.05, 0) is 55.3 Å². The van der Waals surface area contributed by atoms with Crippen LogP contribution in [0.2, 0.25) is 0 Å². The van der Waals surface area contributed by atoms with Crippen molar-refractivity contribution in [2.75, 3.05) is 18.0 Å². The zero-order valence-electron chi connectivity index (χ0n) is 17.7. The van der Waals surface area contributed by atoms with Crippen LogP contribution >= 0.6 is 11.3 Å². The van der Waals surface area contributed by atoms with Gasteiger partial charge in [0.2, 0.25) is 0 Å². The van der Waals surface area contributed by atoms with Crippen LogP contribution in [0.15, 0.2) is 46.8 Å². The molecule has 1 spiro atoms. The number of amides is 2. The highest BCUT2D eigenvalue weighted by Crippen LogP contribution is 2.39. The Morgan fingerprint density at radius 2 is 1.94 bits per heavy atom. The van der Waals surface area contributed by atoms with Crippen LogP contribution in [-0.4, -0.2) is 41.4 Å². The number of rotatable bonds is 4. The number of piperidine rings is 1. The molecule has 31 heavy (non-hydrogen) atoms. The van der Waals surface area contributed by atoms with Crippen molar-refractivity contribution in [1.29, 1.82) is 0 Å². The Labute approximate surface area is 187 Å². The van der Waals surface area contributed by atoms with Crippen LogP contribution in [-0.2, 0) is 6.54 Å². The molecule has 164 valence electrons. The van der Waals surface area contributed by atoms with Gasteiger partial charge >= 0.3 is 6.03 Å². The fraction of sp³-hybridized carbons (Fsp3) is 0.500. The first-order valence-electron chi connectivity index (χ1n) is 11.3. The third-order valence-electron chi connectivity index (χ3n) is 6.92. The Hall–Kier alpha value is -2.25. The number of hydrogen-bond acceptors (Lipinski definition) is 4. The SMILES string of the molecule is O=C1N=C(NC2CCCCC2)C2(CCN(Cc3cccs3)CC2)N1c1cccc(F)c1. The van der Waals surface area contributed by atoms with Crippen LogP contribution in [0.1, 0.15) is 49.8 Å². The quantitative estimate of drug-likeness (QED) is 0.712. The van der Waals surface area contributed by atoms with Crippen LogP contribution < -0.4 is 10.2 Å². The molecule has 1 saturated heterocycles. The van der Waals surface area contributed by atoms with Gasteiger partial charge in [0.1, 0.15) is 17.2 Å². The predicted octanol–water partition coefficient (Wildman–Crippen LogP) is 5.18. The molecular formula is C24H29FN4OS. The van der Waals surface area contributed by atoms with Gasteiger partial charge in [-0.3, -0.25) is 9.80 Å². The predicted molar refractivity (Wildman–Crippen MR) is 123 cm³/mol. The number of anilines is 1. The number of likely N-dealkylation sites (tertiary alicyclic amines) is 1. The Balaban J connectivity index is 1.41. The van der Waals surface area contributed by atoms with E-state index in [4.69, 9.17) is 0 Å². The average Bonchev–Trinajstić information content (AvgIpc) is 3.37. The number of benzene rings is 1. The smallest absolute Gasteiger partial charge is 0.350 e. The summed E-state index contributed by atoms with van der Waals surface area (Å²) < 4.78 is 14.0. The van der Waals surface area contributed by atoms with Gasteiger partial charge in [0.25, 0.3) is 0 Å². The summed E-state index contributed by atoms with van der Waals surface area (Å²) in [6, 6.07) is 10.7. The van der Waals surface area contributed by atoms with Crippen molar-refractivity contribution < 1.29 is 9.18 Å². The molecule has 1 aliphatic carbocycles. The zero-order chi connectivity index (χ0) is 21.3.